The lowest BCUT2D eigenvalue weighted by atomic mass is 10.1. The van der Waals surface area contributed by atoms with Gasteiger partial charge in [0.1, 0.15) is 5.82 Å². The molecular weight excluding hydrogens is 371 g/mol. The normalized spacial score (nSPS) is 10.3. The van der Waals surface area contributed by atoms with Gasteiger partial charge in [-0.3, -0.25) is 14.4 Å². The summed E-state index contributed by atoms with van der Waals surface area (Å²) in [6.07, 6.45) is 0. The Bertz CT molecular complexity index is 1040. The number of amides is 2. The fraction of sp³-hybridized carbons (Fsp3) is 0.0870. The SMILES string of the molecule is CC(=O)c1ccc(NC(=O)c2ccc(C(=O)NCc3ccccc3F)cc2)cc1. The highest BCUT2D eigenvalue weighted by Crippen LogP contribution is 2.13. The second-order valence-corrected chi connectivity index (χ2v) is 6.44. The number of Topliss-reactive ketones (excluding diaryl/α,β-unsaturated/α-hetero) is 1. The van der Waals surface area contributed by atoms with Gasteiger partial charge in [-0.05, 0) is 61.5 Å². The molecule has 0 spiro atoms. The summed E-state index contributed by atoms with van der Waals surface area (Å²) in [7, 11) is 0. The quantitative estimate of drug-likeness (QED) is 0.619. The number of ketones is 1. The molecule has 29 heavy (non-hydrogen) atoms. The highest BCUT2D eigenvalue weighted by molar-refractivity contribution is 6.05. The number of rotatable bonds is 6. The number of benzene rings is 3. The zero-order valence-electron chi connectivity index (χ0n) is 15.7. The van der Waals surface area contributed by atoms with Crippen molar-refractivity contribution in [3.05, 3.63) is 101 Å². The van der Waals surface area contributed by atoms with Crippen LogP contribution in [-0.4, -0.2) is 17.6 Å². The summed E-state index contributed by atoms with van der Waals surface area (Å²) in [4.78, 5) is 35.9. The summed E-state index contributed by atoms with van der Waals surface area (Å²) in [6, 6.07) is 19.0. The third-order valence-corrected chi connectivity index (χ3v) is 4.36. The van der Waals surface area contributed by atoms with E-state index in [0.717, 1.165) is 0 Å². The summed E-state index contributed by atoms with van der Waals surface area (Å²) in [5.74, 6) is -1.12. The van der Waals surface area contributed by atoms with Crippen LogP contribution in [0.3, 0.4) is 0 Å². The van der Waals surface area contributed by atoms with E-state index < -0.39 is 0 Å². The Morgan fingerprint density at radius 1 is 0.759 bits per heavy atom. The summed E-state index contributed by atoms with van der Waals surface area (Å²) in [5, 5.41) is 5.39. The standard InChI is InChI=1S/C23H19FN2O3/c1-15(27)16-10-12-20(13-11-16)26-23(29)18-8-6-17(7-9-18)22(28)25-14-19-4-2-3-5-21(19)24/h2-13H,14H2,1H3,(H,25,28)(H,26,29). The molecule has 0 aromatic heterocycles. The lowest BCUT2D eigenvalue weighted by molar-refractivity contribution is 0.0948. The Hall–Kier alpha value is -3.80. The molecule has 0 fully saturated rings. The van der Waals surface area contributed by atoms with E-state index in [1.54, 1.807) is 42.5 Å². The van der Waals surface area contributed by atoms with Gasteiger partial charge in [0, 0.05) is 34.5 Å². The van der Waals surface area contributed by atoms with Gasteiger partial charge >= 0.3 is 0 Å². The molecule has 0 heterocycles. The molecule has 0 unspecified atom stereocenters. The van der Waals surface area contributed by atoms with E-state index in [1.807, 2.05) is 0 Å². The van der Waals surface area contributed by atoms with E-state index in [4.69, 9.17) is 0 Å². The van der Waals surface area contributed by atoms with Crippen LogP contribution in [0.4, 0.5) is 10.1 Å². The third-order valence-electron chi connectivity index (χ3n) is 4.36. The third kappa shape index (κ3) is 5.13. The first-order valence-electron chi connectivity index (χ1n) is 8.98. The fourth-order valence-electron chi connectivity index (χ4n) is 2.68. The molecule has 0 atom stereocenters. The summed E-state index contributed by atoms with van der Waals surface area (Å²) < 4.78 is 13.6. The van der Waals surface area contributed by atoms with Crippen molar-refractivity contribution in [3.63, 3.8) is 0 Å². The van der Waals surface area contributed by atoms with Crippen LogP contribution in [0.15, 0.2) is 72.8 Å². The van der Waals surface area contributed by atoms with Crippen LogP contribution in [0.5, 0.6) is 0 Å². The first-order chi connectivity index (χ1) is 13.9. The Morgan fingerprint density at radius 2 is 1.31 bits per heavy atom. The molecular formula is C23H19FN2O3. The first kappa shape index (κ1) is 19.9. The Morgan fingerprint density at radius 3 is 1.90 bits per heavy atom. The highest BCUT2D eigenvalue weighted by atomic mass is 19.1. The van der Waals surface area contributed by atoms with E-state index in [0.29, 0.717) is 27.9 Å². The molecule has 2 N–H and O–H groups in total. The van der Waals surface area contributed by atoms with Crippen LogP contribution < -0.4 is 10.6 Å². The van der Waals surface area contributed by atoms with Crippen LogP contribution in [0.25, 0.3) is 0 Å². The van der Waals surface area contributed by atoms with Gasteiger partial charge in [-0.25, -0.2) is 4.39 Å². The summed E-state index contributed by atoms with van der Waals surface area (Å²) in [6.45, 7) is 1.55. The summed E-state index contributed by atoms with van der Waals surface area (Å²) >= 11 is 0. The summed E-state index contributed by atoms with van der Waals surface area (Å²) in [5.41, 5.74) is 2.27. The number of anilines is 1. The maximum Gasteiger partial charge on any atom is 0.255 e. The lowest BCUT2D eigenvalue weighted by Crippen LogP contribution is -2.23. The van der Waals surface area contributed by atoms with E-state index in [1.165, 1.54) is 37.3 Å². The molecule has 6 heteroatoms. The molecule has 0 saturated carbocycles. The number of nitrogens with one attached hydrogen (secondary N) is 2. The van der Waals surface area contributed by atoms with Gasteiger partial charge in [-0.15, -0.1) is 0 Å². The molecule has 3 aromatic rings. The van der Waals surface area contributed by atoms with Gasteiger partial charge in [-0.2, -0.15) is 0 Å². The Balaban J connectivity index is 1.60. The minimum atomic E-state index is -0.379. The maximum absolute atomic E-state index is 13.6. The van der Waals surface area contributed by atoms with Gasteiger partial charge in [0.05, 0.1) is 0 Å². The Labute approximate surface area is 167 Å². The van der Waals surface area contributed by atoms with Crippen LogP contribution in [0.2, 0.25) is 0 Å². The second-order valence-electron chi connectivity index (χ2n) is 6.44. The van der Waals surface area contributed by atoms with Crippen LogP contribution >= 0.6 is 0 Å². The van der Waals surface area contributed by atoms with Crippen molar-refractivity contribution in [1.82, 2.24) is 5.32 Å². The minimum absolute atomic E-state index is 0.0493. The van der Waals surface area contributed by atoms with Crippen molar-refractivity contribution >= 4 is 23.3 Å². The monoisotopic (exact) mass is 390 g/mol. The van der Waals surface area contributed by atoms with Gasteiger partial charge in [-0.1, -0.05) is 18.2 Å². The van der Waals surface area contributed by atoms with E-state index >= 15 is 0 Å². The number of carbonyl (C=O) groups excluding carboxylic acids is 3. The van der Waals surface area contributed by atoms with Crippen molar-refractivity contribution in [1.29, 1.82) is 0 Å². The van der Waals surface area contributed by atoms with E-state index in [9.17, 15) is 18.8 Å². The largest absolute Gasteiger partial charge is 0.348 e. The van der Waals surface area contributed by atoms with E-state index in [2.05, 4.69) is 10.6 Å². The predicted octanol–water partition coefficient (Wildman–Crippen LogP) is 4.21. The Kier molecular flexibility index (Phi) is 6.14. The number of hydrogen-bond acceptors (Lipinski definition) is 3. The van der Waals surface area contributed by atoms with E-state index in [-0.39, 0.29) is 30.0 Å². The molecule has 0 aliphatic heterocycles. The smallest absolute Gasteiger partial charge is 0.255 e. The van der Waals surface area contributed by atoms with Crippen molar-refractivity contribution in [3.8, 4) is 0 Å². The fourth-order valence-corrected chi connectivity index (χ4v) is 2.68. The molecule has 146 valence electrons. The number of halogens is 1. The van der Waals surface area contributed by atoms with Crippen LogP contribution in [0.1, 0.15) is 43.6 Å². The predicted molar refractivity (Wildman–Crippen MR) is 108 cm³/mol. The lowest BCUT2D eigenvalue weighted by Gasteiger charge is -2.08. The van der Waals surface area contributed by atoms with Crippen LogP contribution in [-0.2, 0) is 6.54 Å². The number of carbonyl (C=O) groups is 3. The molecule has 3 aromatic carbocycles. The second kappa shape index (κ2) is 8.93. The van der Waals surface area contributed by atoms with Crippen molar-refractivity contribution in [2.45, 2.75) is 13.5 Å². The molecule has 5 nitrogen and oxygen atoms in total. The maximum atomic E-state index is 13.6. The molecule has 0 bridgehead atoms. The minimum Gasteiger partial charge on any atom is -0.348 e. The molecule has 2 amide bonds. The average Bonchev–Trinajstić information content (AvgIpc) is 2.73. The zero-order chi connectivity index (χ0) is 20.8. The molecule has 0 aliphatic rings. The average molecular weight is 390 g/mol. The van der Waals surface area contributed by atoms with Gasteiger partial charge in [0.25, 0.3) is 11.8 Å². The first-order valence-corrected chi connectivity index (χ1v) is 8.98. The molecule has 0 radical (unpaired) electrons. The highest BCUT2D eigenvalue weighted by Gasteiger charge is 2.10. The van der Waals surface area contributed by atoms with Crippen LogP contribution in [0, 0.1) is 5.82 Å². The molecule has 0 aliphatic carbocycles. The van der Waals surface area contributed by atoms with Gasteiger partial charge < -0.3 is 10.6 Å². The van der Waals surface area contributed by atoms with Crippen molar-refractivity contribution in [2.24, 2.45) is 0 Å². The number of hydrogen-bond donors (Lipinski definition) is 2. The van der Waals surface area contributed by atoms with Crippen molar-refractivity contribution in [2.75, 3.05) is 5.32 Å². The topological polar surface area (TPSA) is 75.3 Å². The van der Waals surface area contributed by atoms with Gasteiger partial charge in [0.2, 0.25) is 0 Å². The van der Waals surface area contributed by atoms with Crippen molar-refractivity contribution < 1.29 is 18.8 Å². The van der Waals surface area contributed by atoms with Gasteiger partial charge in [0.15, 0.2) is 5.78 Å². The molecule has 0 saturated heterocycles. The zero-order valence-corrected chi connectivity index (χ0v) is 15.7. The molecule has 3 rings (SSSR count).